The summed E-state index contributed by atoms with van der Waals surface area (Å²) in [6.45, 7) is 1.75. The molecule has 0 radical (unpaired) electrons. The minimum Gasteiger partial charge on any atom is -0.497 e. The number of aromatic nitrogens is 1. The number of ether oxygens (including phenoxy) is 2. The van der Waals surface area contributed by atoms with Crippen molar-refractivity contribution >= 4 is 22.7 Å². The lowest BCUT2D eigenvalue weighted by molar-refractivity contribution is 0.0533. The van der Waals surface area contributed by atoms with Crippen molar-refractivity contribution in [3.63, 3.8) is 0 Å². The summed E-state index contributed by atoms with van der Waals surface area (Å²) in [6.07, 6.45) is 0. The molecule has 1 aliphatic rings. The molecule has 1 fully saturated rings. The maximum Gasteiger partial charge on any atom is 0.257 e. The van der Waals surface area contributed by atoms with Crippen LogP contribution in [-0.2, 0) is 0 Å². The van der Waals surface area contributed by atoms with Crippen LogP contribution in [-0.4, -0.2) is 67.2 Å². The van der Waals surface area contributed by atoms with E-state index in [2.05, 4.69) is 5.16 Å². The Morgan fingerprint density at radius 3 is 2.23 bits per heavy atom. The molecule has 35 heavy (non-hydrogen) atoms. The maximum atomic E-state index is 13.3. The summed E-state index contributed by atoms with van der Waals surface area (Å²) in [6, 6.07) is 20.2. The van der Waals surface area contributed by atoms with Crippen molar-refractivity contribution in [3.8, 4) is 22.8 Å². The van der Waals surface area contributed by atoms with Gasteiger partial charge in [-0.25, -0.2) is 0 Å². The molecule has 0 bridgehead atoms. The standard InChI is InChI=1S/C27H25N3O5/c1-33-20-9-10-21(24(17-20)34-2)27(32)30-14-12-29(13-15-30)26(31)19-8-11-23-22(16-19)25(35-28-23)18-6-4-3-5-7-18/h3-11,16-17H,12-15H2,1-2H3. The molecule has 0 N–H and O–H groups in total. The molecule has 1 saturated heterocycles. The van der Waals surface area contributed by atoms with E-state index in [1.165, 1.54) is 7.11 Å². The zero-order chi connectivity index (χ0) is 24.4. The van der Waals surface area contributed by atoms with Crippen molar-refractivity contribution in [1.29, 1.82) is 0 Å². The fourth-order valence-electron chi connectivity index (χ4n) is 4.31. The maximum absolute atomic E-state index is 13.3. The molecule has 0 saturated carbocycles. The third-order valence-corrected chi connectivity index (χ3v) is 6.25. The fraction of sp³-hybridized carbons (Fsp3) is 0.222. The highest BCUT2D eigenvalue weighted by atomic mass is 16.5. The number of rotatable bonds is 5. The van der Waals surface area contributed by atoms with E-state index in [0.717, 1.165) is 10.9 Å². The summed E-state index contributed by atoms with van der Waals surface area (Å²) in [5, 5.41) is 4.92. The highest BCUT2D eigenvalue weighted by Crippen LogP contribution is 2.30. The lowest BCUT2D eigenvalue weighted by atomic mass is 10.1. The molecule has 0 unspecified atom stereocenters. The summed E-state index contributed by atoms with van der Waals surface area (Å²) in [7, 11) is 3.09. The molecule has 0 aliphatic carbocycles. The zero-order valence-electron chi connectivity index (χ0n) is 19.6. The van der Waals surface area contributed by atoms with Crippen molar-refractivity contribution in [2.45, 2.75) is 0 Å². The average Bonchev–Trinajstić information content (AvgIpc) is 3.36. The van der Waals surface area contributed by atoms with Gasteiger partial charge in [0.25, 0.3) is 11.8 Å². The first-order chi connectivity index (χ1) is 17.1. The van der Waals surface area contributed by atoms with Gasteiger partial charge in [-0.1, -0.05) is 35.5 Å². The van der Waals surface area contributed by atoms with Crippen LogP contribution in [0.15, 0.2) is 71.3 Å². The summed E-state index contributed by atoms with van der Waals surface area (Å²) in [5.41, 5.74) is 2.64. The van der Waals surface area contributed by atoms with Gasteiger partial charge >= 0.3 is 0 Å². The van der Waals surface area contributed by atoms with Gasteiger partial charge < -0.3 is 23.8 Å². The molecule has 5 rings (SSSR count). The van der Waals surface area contributed by atoms with Crippen molar-refractivity contribution < 1.29 is 23.6 Å². The summed E-state index contributed by atoms with van der Waals surface area (Å²) in [5.74, 6) is 1.51. The molecule has 4 aromatic rings. The average molecular weight is 472 g/mol. The molecule has 0 atom stereocenters. The molecule has 178 valence electrons. The number of nitrogens with zero attached hydrogens (tertiary/aromatic N) is 3. The second-order valence-corrected chi connectivity index (χ2v) is 8.26. The van der Waals surface area contributed by atoms with Crippen molar-refractivity contribution in [2.75, 3.05) is 40.4 Å². The molecule has 1 aliphatic heterocycles. The van der Waals surface area contributed by atoms with Gasteiger partial charge in [0.2, 0.25) is 0 Å². The van der Waals surface area contributed by atoms with E-state index in [4.69, 9.17) is 14.0 Å². The summed E-state index contributed by atoms with van der Waals surface area (Å²) >= 11 is 0. The van der Waals surface area contributed by atoms with Crippen molar-refractivity contribution in [1.82, 2.24) is 15.0 Å². The number of piperazine rings is 1. The van der Waals surface area contributed by atoms with Crippen LogP contribution in [0.4, 0.5) is 0 Å². The van der Waals surface area contributed by atoms with Crippen molar-refractivity contribution in [2.24, 2.45) is 0 Å². The van der Waals surface area contributed by atoms with Crippen LogP contribution in [0.25, 0.3) is 22.2 Å². The quantitative estimate of drug-likeness (QED) is 0.436. The Bertz CT molecular complexity index is 1370. The number of methoxy groups -OCH3 is 2. The van der Waals surface area contributed by atoms with Crippen LogP contribution in [0.5, 0.6) is 11.5 Å². The number of benzene rings is 3. The fourth-order valence-corrected chi connectivity index (χ4v) is 4.31. The summed E-state index contributed by atoms with van der Waals surface area (Å²) < 4.78 is 16.2. The zero-order valence-corrected chi connectivity index (χ0v) is 19.6. The predicted octanol–water partition coefficient (Wildman–Crippen LogP) is 4.11. The Balaban J connectivity index is 1.30. The van der Waals surface area contributed by atoms with Crippen molar-refractivity contribution in [3.05, 3.63) is 77.9 Å². The topological polar surface area (TPSA) is 85.1 Å². The Hall–Kier alpha value is -4.33. The van der Waals surface area contributed by atoms with Crippen LogP contribution in [0.1, 0.15) is 20.7 Å². The van der Waals surface area contributed by atoms with E-state index in [1.807, 2.05) is 36.4 Å². The molecule has 2 amide bonds. The minimum absolute atomic E-state index is 0.0822. The molecule has 0 spiro atoms. The van der Waals surface area contributed by atoms with Crippen LogP contribution >= 0.6 is 0 Å². The Morgan fingerprint density at radius 2 is 1.54 bits per heavy atom. The SMILES string of the molecule is COc1ccc(C(=O)N2CCN(C(=O)c3ccc4noc(-c5ccccc5)c4c3)CC2)c(OC)c1. The first kappa shape index (κ1) is 22.5. The second-order valence-electron chi connectivity index (χ2n) is 8.26. The second kappa shape index (κ2) is 9.50. The normalized spacial score (nSPS) is 13.7. The van der Waals surface area contributed by atoms with E-state index < -0.39 is 0 Å². The van der Waals surface area contributed by atoms with Gasteiger partial charge in [0.1, 0.15) is 17.0 Å². The Morgan fingerprint density at radius 1 is 0.829 bits per heavy atom. The van der Waals surface area contributed by atoms with E-state index in [1.54, 1.807) is 47.2 Å². The van der Waals surface area contributed by atoms with E-state index in [0.29, 0.717) is 60.1 Å². The highest BCUT2D eigenvalue weighted by Gasteiger charge is 2.27. The third kappa shape index (κ3) is 4.30. The molecular formula is C27H25N3O5. The van der Waals surface area contributed by atoms with Gasteiger partial charge in [0.05, 0.1) is 25.2 Å². The lowest BCUT2D eigenvalue weighted by Crippen LogP contribution is -2.50. The molecular weight excluding hydrogens is 446 g/mol. The van der Waals surface area contributed by atoms with Gasteiger partial charge in [0.15, 0.2) is 5.76 Å². The molecule has 3 aromatic carbocycles. The summed E-state index contributed by atoms with van der Waals surface area (Å²) in [4.78, 5) is 29.9. The largest absolute Gasteiger partial charge is 0.497 e. The first-order valence-electron chi connectivity index (χ1n) is 11.3. The first-order valence-corrected chi connectivity index (χ1v) is 11.3. The third-order valence-electron chi connectivity index (χ3n) is 6.25. The minimum atomic E-state index is -0.130. The van der Waals surface area contributed by atoms with Gasteiger partial charge in [-0.05, 0) is 30.3 Å². The van der Waals surface area contributed by atoms with E-state index in [9.17, 15) is 9.59 Å². The van der Waals surface area contributed by atoms with Gasteiger partial charge in [-0.3, -0.25) is 9.59 Å². The number of hydrogen-bond acceptors (Lipinski definition) is 6. The highest BCUT2D eigenvalue weighted by molar-refractivity contribution is 6.01. The van der Waals surface area contributed by atoms with E-state index in [-0.39, 0.29) is 11.8 Å². The molecule has 8 heteroatoms. The van der Waals surface area contributed by atoms with Crippen LogP contribution < -0.4 is 9.47 Å². The van der Waals surface area contributed by atoms with Gasteiger partial charge in [-0.2, -0.15) is 0 Å². The van der Waals surface area contributed by atoms with Crippen LogP contribution in [0.2, 0.25) is 0 Å². The number of carbonyl (C=O) groups excluding carboxylic acids is 2. The Kier molecular flexibility index (Phi) is 6.10. The van der Waals surface area contributed by atoms with Crippen LogP contribution in [0, 0.1) is 0 Å². The molecule has 2 heterocycles. The number of carbonyl (C=O) groups is 2. The predicted molar refractivity (Wildman–Crippen MR) is 131 cm³/mol. The monoisotopic (exact) mass is 471 g/mol. The smallest absolute Gasteiger partial charge is 0.257 e. The van der Waals surface area contributed by atoms with Gasteiger partial charge in [0, 0.05) is 43.4 Å². The molecule has 1 aromatic heterocycles. The van der Waals surface area contributed by atoms with Crippen LogP contribution in [0.3, 0.4) is 0 Å². The Labute approximate surface area is 202 Å². The number of amides is 2. The number of hydrogen-bond donors (Lipinski definition) is 0. The number of fused-ring (bicyclic) bond motifs is 1. The van der Waals surface area contributed by atoms with E-state index >= 15 is 0 Å². The molecule has 8 nitrogen and oxygen atoms in total. The van der Waals surface area contributed by atoms with Gasteiger partial charge in [-0.15, -0.1) is 0 Å². The lowest BCUT2D eigenvalue weighted by Gasteiger charge is -2.35.